The van der Waals surface area contributed by atoms with Crippen LogP contribution in [0.3, 0.4) is 0 Å². The Kier molecular flexibility index (Phi) is 6.26. The van der Waals surface area contributed by atoms with E-state index >= 15 is 0 Å². The average molecular weight is 392 g/mol. The first-order valence-corrected chi connectivity index (χ1v) is 7.63. The number of amides is 1. The lowest BCUT2D eigenvalue weighted by molar-refractivity contribution is -0.253. The van der Waals surface area contributed by atoms with Gasteiger partial charge in [0.2, 0.25) is 0 Å². The summed E-state index contributed by atoms with van der Waals surface area (Å²) in [5.41, 5.74) is 0.153. The molecular formula is C16H16F4N2O5. The Balaban J connectivity index is 2.18. The maximum Gasteiger partial charge on any atom is 0.461 e. The fraction of sp³-hybridized carbons (Fsp3) is 0.375. The number of hydrogen-bond acceptors (Lipinski definition) is 6. The number of nitrogens with one attached hydrogen (secondary N) is 1. The number of ether oxygens (including phenoxy) is 2. The quantitative estimate of drug-likeness (QED) is 0.516. The first kappa shape index (κ1) is 20.5. The predicted octanol–water partition coefficient (Wildman–Crippen LogP) is 1.60. The monoisotopic (exact) mass is 392 g/mol. The number of aliphatic hydroxyl groups excluding tert-OH is 1. The average Bonchev–Trinajstić information content (AvgIpc) is 2.92. The number of hydrogen-bond donors (Lipinski definition) is 2. The second-order valence-corrected chi connectivity index (χ2v) is 5.41. The van der Waals surface area contributed by atoms with Crippen molar-refractivity contribution in [1.29, 1.82) is 0 Å². The van der Waals surface area contributed by atoms with Crippen LogP contribution in [0.4, 0.5) is 23.2 Å². The Hall–Kier alpha value is -2.82. The zero-order valence-electron chi connectivity index (χ0n) is 14.0. The highest BCUT2D eigenvalue weighted by Crippen LogP contribution is 2.29. The molecule has 0 saturated heterocycles. The summed E-state index contributed by atoms with van der Waals surface area (Å²) in [6.07, 6.45) is -8.63. The molecule has 1 aliphatic rings. The summed E-state index contributed by atoms with van der Waals surface area (Å²) in [4.78, 5) is 25.4. The van der Waals surface area contributed by atoms with Crippen molar-refractivity contribution in [2.75, 3.05) is 32.1 Å². The second kappa shape index (κ2) is 8.25. The standard InChI is InChI=1S/C16H16F4N2O5/c1-26-14(25)11-8-22(6-7-23)13(24)12(11)21-9-2-4-10(5-3-9)27-16(19,20)15(17)18/h2-5,15,21,23H,6-8H2,1H3. The van der Waals surface area contributed by atoms with Crippen LogP contribution in [0.25, 0.3) is 0 Å². The molecule has 0 spiro atoms. The molecule has 1 amide bonds. The number of halogens is 4. The van der Waals surface area contributed by atoms with Crippen molar-refractivity contribution in [3.63, 3.8) is 0 Å². The molecule has 7 nitrogen and oxygen atoms in total. The van der Waals surface area contributed by atoms with Crippen LogP contribution >= 0.6 is 0 Å². The Labute approximate surface area is 151 Å². The van der Waals surface area contributed by atoms with E-state index in [2.05, 4.69) is 14.8 Å². The Morgan fingerprint density at radius 1 is 1.33 bits per heavy atom. The molecule has 2 rings (SSSR count). The van der Waals surface area contributed by atoms with E-state index in [9.17, 15) is 27.2 Å². The van der Waals surface area contributed by atoms with Crippen molar-refractivity contribution in [3.8, 4) is 5.75 Å². The summed E-state index contributed by atoms with van der Waals surface area (Å²) >= 11 is 0. The summed E-state index contributed by atoms with van der Waals surface area (Å²) in [5, 5.41) is 11.7. The molecule has 2 N–H and O–H groups in total. The lowest BCUT2D eigenvalue weighted by atomic mass is 10.2. The molecule has 27 heavy (non-hydrogen) atoms. The van der Waals surface area contributed by atoms with Crippen molar-refractivity contribution in [2.24, 2.45) is 0 Å². The highest BCUT2D eigenvalue weighted by molar-refractivity contribution is 6.08. The lowest BCUT2D eigenvalue weighted by Gasteiger charge is -2.17. The van der Waals surface area contributed by atoms with Gasteiger partial charge >= 0.3 is 18.5 Å². The third-order valence-corrected chi connectivity index (χ3v) is 3.59. The normalized spacial score (nSPS) is 14.8. The molecule has 1 aliphatic heterocycles. The number of alkyl halides is 4. The maximum absolute atomic E-state index is 12.9. The molecule has 1 aromatic rings. The first-order valence-electron chi connectivity index (χ1n) is 7.63. The van der Waals surface area contributed by atoms with Gasteiger partial charge in [-0.25, -0.2) is 4.79 Å². The predicted molar refractivity (Wildman–Crippen MR) is 84.4 cm³/mol. The van der Waals surface area contributed by atoms with Crippen molar-refractivity contribution in [1.82, 2.24) is 4.90 Å². The number of carbonyl (C=O) groups excluding carboxylic acids is 2. The summed E-state index contributed by atoms with van der Waals surface area (Å²) in [7, 11) is 1.14. The van der Waals surface area contributed by atoms with Crippen LogP contribution in [0.15, 0.2) is 35.5 Å². The van der Waals surface area contributed by atoms with Gasteiger partial charge in [0.15, 0.2) is 0 Å². The third-order valence-electron chi connectivity index (χ3n) is 3.59. The molecular weight excluding hydrogens is 376 g/mol. The smallest absolute Gasteiger partial charge is 0.461 e. The van der Waals surface area contributed by atoms with Gasteiger partial charge in [-0.3, -0.25) is 4.79 Å². The fourth-order valence-electron chi connectivity index (χ4n) is 2.30. The van der Waals surface area contributed by atoms with E-state index in [-0.39, 0.29) is 36.7 Å². The highest BCUT2D eigenvalue weighted by Gasteiger charge is 2.44. The third kappa shape index (κ3) is 4.67. The van der Waals surface area contributed by atoms with E-state index in [1.54, 1.807) is 0 Å². The topological polar surface area (TPSA) is 88.1 Å². The minimum atomic E-state index is -4.64. The number of nitrogens with zero attached hydrogens (tertiary/aromatic N) is 1. The van der Waals surface area contributed by atoms with Gasteiger partial charge in [-0.05, 0) is 24.3 Å². The maximum atomic E-state index is 12.9. The van der Waals surface area contributed by atoms with Gasteiger partial charge in [0.1, 0.15) is 11.4 Å². The van der Waals surface area contributed by atoms with Crippen LogP contribution in [0.5, 0.6) is 5.75 Å². The van der Waals surface area contributed by atoms with Gasteiger partial charge in [0, 0.05) is 12.2 Å². The molecule has 0 saturated carbocycles. The second-order valence-electron chi connectivity index (χ2n) is 5.41. The van der Waals surface area contributed by atoms with Gasteiger partial charge < -0.3 is 24.8 Å². The van der Waals surface area contributed by atoms with E-state index in [0.29, 0.717) is 0 Å². The van der Waals surface area contributed by atoms with Gasteiger partial charge in [0.05, 0.1) is 25.8 Å². The molecule has 0 aliphatic carbocycles. The zero-order valence-corrected chi connectivity index (χ0v) is 14.0. The van der Waals surface area contributed by atoms with E-state index in [4.69, 9.17) is 5.11 Å². The summed E-state index contributed by atoms with van der Waals surface area (Å²) in [5.74, 6) is -1.82. The van der Waals surface area contributed by atoms with Crippen LogP contribution < -0.4 is 10.1 Å². The zero-order chi connectivity index (χ0) is 20.2. The number of esters is 1. The molecule has 148 valence electrons. The Bertz CT molecular complexity index is 737. The Morgan fingerprint density at radius 2 is 1.96 bits per heavy atom. The molecule has 1 aromatic carbocycles. The minimum absolute atomic E-state index is 0.00000367. The van der Waals surface area contributed by atoms with E-state index < -0.39 is 30.2 Å². The largest absolute Gasteiger partial charge is 0.466 e. The number of carbonyl (C=O) groups is 2. The van der Waals surface area contributed by atoms with E-state index in [1.807, 2.05) is 0 Å². The molecule has 0 radical (unpaired) electrons. The molecule has 0 bridgehead atoms. The van der Waals surface area contributed by atoms with Gasteiger partial charge in [-0.15, -0.1) is 0 Å². The fourth-order valence-corrected chi connectivity index (χ4v) is 2.30. The molecule has 0 aromatic heterocycles. The number of β-amino-alcohol motifs (C(OH)–C–C–N with tert-alkyl or cyclic N) is 1. The number of methoxy groups -OCH3 is 1. The van der Waals surface area contributed by atoms with Crippen molar-refractivity contribution < 1.29 is 41.7 Å². The highest BCUT2D eigenvalue weighted by atomic mass is 19.3. The van der Waals surface area contributed by atoms with Gasteiger partial charge in [-0.1, -0.05) is 0 Å². The molecule has 0 fully saturated rings. The summed E-state index contributed by atoms with van der Waals surface area (Å²) in [6, 6.07) is 4.42. The van der Waals surface area contributed by atoms with Crippen LogP contribution in [0, 0.1) is 0 Å². The van der Waals surface area contributed by atoms with Crippen molar-refractivity contribution in [2.45, 2.75) is 12.5 Å². The molecule has 1 heterocycles. The number of rotatable bonds is 8. The van der Waals surface area contributed by atoms with Gasteiger partial charge in [0.25, 0.3) is 5.91 Å². The van der Waals surface area contributed by atoms with Crippen LogP contribution in [0.1, 0.15) is 0 Å². The SMILES string of the molecule is COC(=O)C1=C(Nc2ccc(OC(F)(F)C(F)F)cc2)C(=O)N(CCO)C1. The Morgan fingerprint density at radius 3 is 2.48 bits per heavy atom. The molecule has 0 atom stereocenters. The summed E-state index contributed by atoms with van der Waals surface area (Å²) in [6.45, 7) is -0.381. The number of aliphatic hydroxyl groups is 1. The van der Waals surface area contributed by atoms with Crippen molar-refractivity contribution >= 4 is 17.6 Å². The number of anilines is 1. The van der Waals surface area contributed by atoms with Crippen LogP contribution in [-0.4, -0.2) is 61.2 Å². The summed E-state index contributed by atoms with van der Waals surface area (Å²) < 4.78 is 58.6. The molecule has 0 unspecified atom stereocenters. The first-order chi connectivity index (χ1) is 12.7. The van der Waals surface area contributed by atoms with E-state index in [0.717, 1.165) is 19.2 Å². The van der Waals surface area contributed by atoms with Crippen molar-refractivity contribution in [3.05, 3.63) is 35.5 Å². The van der Waals surface area contributed by atoms with Gasteiger partial charge in [-0.2, -0.15) is 17.6 Å². The lowest BCUT2D eigenvalue weighted by Crippen LogP contribution is -2.33. The number of benzene rings is 1. The van der Waals surface area contributed by atoms with Crippen LogP contribution in [0.2, 0.25) is 0 Å². The minimum Gasteiger partial charge on any atom is -0.466 e. The molecule has 11 heteroatoms. The van der Waals surface area contributed by atoms with E-state index in [1.165, 1.54) is 17.0 Å². The van der Waals surface area contributed by atoms with Crippen LogP contribution in [-0.2, 0) is 14.3 Å².